The maximum absolute atomic E-state index is 11.6. The van der Waals surface area contributed by atoms with Gasteiger partial charge in [0.2, 0.25) is 0 Å². The number of ether oxygens (including phenoxy) is 1. The minimum absolute atomic E-state index is 0.289. The molecular formula is C14H13NO2. The van der Waals surface area contributed by atoms with Gasteiger partial charge in [0.1, 0.15) is 0 Å². The second-order valence-corrected chi connectivity index (χ2v) is 3.54. The molecule has 0 bridgehead atoms. The Bertz CT molecular complexity index is 509. The zero-order valence-corrected chi connectivity index (χ0v) is 9.59. The van der Waals surface area contributed by atoms with E-state index in [4.69, 9.17) is 4.74 Å². The average molecular weight is 227 g/mol. The van der Waals surface area contributed by atoms with Gasteiger partial charge in [0.05, 0.1) is 12.2 Å². The van der Waals surface area contributed by atoms with Crippen molar-refractivity contribution in [3.63, 3.8) is 0 Å². The van der Waals surface area contributed by atoms with Crippen LogP contribution in [0.15, 0.2) is 48.8 Å². The fourth-order valence-electron chi connectivity index (χ4n) is 1.58. The van der Waals surface area contributed by atoms with Crippen molar-refractivity contribution in [1.29, 1.82) is 0 Å². The van der Waals surface area contributed by atoms with Crippen LogP contribution in [0.3, 0.4) is 0 Å². The van der Waals surface area contributed by atoms with Crippen LogP contribution in [0.2, 0.25) is 0 Å². The highest BCUT2D eigenvalue weighted by Crippen LogP contribution is 2.19. The lowest BCUT2D eigenvalue weighted by molar-refractivity contribution is 0.0526. The van der Waals surface area contributed by atoms with Crippen molar-refractivity contribution in [1.82, 2.24) is 4.98 Å². The molecule has 0 saturated carbocycles. The molecule has 0 amide bonds. The molecule has 0 N–H and O–H groups in total. The quantitative estimate of drug-likeness (QED) is 0.757. The second-order valence-electron chi connectivity index (χ2n) is 3.54. The van der Waals surface area contributed by atoms with Gasteiger partial charge in [-0.25, -0.2) is 4.79 Å². The van der Waals surface area contributed by atoms with Crippen molar-refractivity contribution in [3.05, 3.63) is 54.4 Å². The van der Waals surface area contributed by atoms with Crippen LogP contribution in [0.25, 0.3) is 11.1 Å². The maximum atomic E-state index is 11.6. The number of carbonyl (C=O) groups is 1. The molecule has 1 heterocycles. The van der Waals surface area contributed by atoms with Crippen molar-refractivity contribution >= 4 is 5.97 Å². The largest absolute Gasteiger partial charge is 0.462 e. The fourth-order valence-corrected chi connectivity index (χ4v) is 1.58. The van der Waals surface area contributed by atoms with Crippen LogP contribution in [0.4, 0.5) is 0 Å². The number of benzene rings is 1. The monoisotopic (exact) mass is 227 g/mol. The topological polar surface area (TPSA) is 39.2 Å². The van der Waals surface area contributed by atoms with Crippen LogP contribution in [0.1, 0.15) is 17.3 Å². The predicted molar refractivity (Wildman–Crippen MR) is 65.6 cm³/mol. The van der Waals surface area contributed by atoms with Gasteiger partial charge < -0.3 is 4.74 Å². The minimum Gasteiger partial charge on any atom is -0.462 e. The molecule has 3 heteroatoms. The second kappa shape index (κ2) is 5.25. The summed E-state index contributed by atoms with van der Waals surface area (Å²) in [6.45, 7) is 2.18. The summed E-state index contributed by atoms with van der Waals surface area (Å²) >= 11 is 0. The number of esters is 1. The number of rotatable bonds is 3. The lowest BCUT2D eigenvalue weighted by atomic mass is 10.0. The first kappa shape index (κ1) is 11.3. The molecule has 0 unspecified atom stereocenters. The van der Waals surface area contributed by atoms with Crippen LogP contribution in [-0.2, 0) is 4.74 Å². The van der Waals surface area contributed by atoms with Gasteiger partial charge >= 0.3 is 5.97 Å². The van der Waals surface area contributed by atoms with Crippen molar-refractivity contribution in [2.24, 2.45) is 0 Å². The summed E-state index contributed by atoms with van der Waals surface area (Å²) in [5.41, 5.74) is 2.59. The number of hydrogen-bond donors (Lipinski definition) is 0. The third kappa shape index (κ3) is 2.69. The Morgan fingerprint density at radius 3 is 2.65 bits per heavy atom. The van der Waals surface area contributed by atoms with E-state index in [1.54, 1.807) is 25.4 Å². The highest BCUT2D eigenvalue weighted by atomic mass is 16.5. The Morgan fingerprint density at radius 1 is 1.18 bits per heavy atom. The Balaban J connectivity index is 2.32. The molecule has 1 aromatic heterocycles. The zero-order valence-electron chi connectivity index (χ0n) is 9.59. The highest BCUT2D eigenvalue weighted by Gasteiger charge is 2.07. The van der Waals surface area contributed by atoms with E-state index in [0.29, 0.717) is 12.2 Å². The molecule has 3 nitrogen and oxygen atoms in total. The molecule has 17 heavy (non-hydrogen) atoms. The van der Waals surface area contributed by atoms with E-state index >= 15 is 0 Å². The molecule has 86 valence electrons. The Morgan fingerprint density at radius 2 is 1.94 bits per heavy atom. The molecule has 2 rings (SSSR count). The van der Waals surface area contributed by atoms with Crippen LogP contribution < -0.4 is 0 Å². The standard InChI is InChI=1S/C14H13NO2/c1-2-17-14(16)13-5-3-4-12(10-13)11-6-8-15-9-7-11/h3-10H,2H2,1H3. The summed E-state index contributed by atoms with van der Waals surface area (Å²) in [7, 11) is 0. The lowest BCUT2D eigenvalue weighted by Gasteiger charge is -2.05. The summed E-state index contributed by atoms with van der Waals surface area (Å²) in [5.74, 6) is -0.289. The van der Waals surface area contributed by atoms with E-state index in [9.17, 15) is 4.79 Å². The Kier molecular flexibility index (Phi) is 3.50. The third-order valence-corrected chi connectivity index (χ3v) is 2.39. The van der Waals surface area contributed by atoms with Gasteiger partial charge in [-0.05, 0) is 42.3 Å². The van der Waals surface area contributed by atoms with Gasteiger partial charge in [-0.15, -0.1) is 0 Å². The summed E-state index contributed by atoms with van der Waals surface area (Å²) in [6.07, 6.45) is 3.46. The molecule has 0 spiro atoms. The normalized spacial score (nSPS) is 9.94. The molecule has 0 saturated heterocycles. The van der Waals surface area contributed by atoms with Crippen LogP contribution >= 0.6 is 0 Å². The van der Waals surface area contributed by atoms with E-state index in [2.05, 4.69) is 4.98 Å². The summed E-state index contributed by atoms with van der Waals surface area (Å²) < 4.78 is 4.97. The first-order valence-corrected chi connectivity index (χ1v) is 5.49. The average Bonchev–Trinajstić information content (AvgIpc) is 2.40. The first-order chi connectivity index (χ1) is 8.31. The van der Waals surface area contributed by atoms with Crippen LogP contribution in [-0.4, -0.2) is 17.6 Å². The number of nitrogens with zero attached hydrogens (tertiary/aromatic N) is 1. The van der Waals surface area contributed by atoms with Gasteiger partial charge in [0.15, 0.2) is 0 Å². The van der Waals surface area contributed by atoms with Crippen molar-refractivity contribution in [2.45, 2.75) is 6.92 Å². The molecular weight excluding hydrogens is 214 g/mol. The maximum Gasteiger partial charge on any atom is 0.338 e. The molecule has 0 aliphatic carbocycles. The van der Waals surface area contributed by atoms with E-state index in [1.165, 1.54) is 0 Å². The van der Waals surface area contributed by atoms with Crippen LogP contribution in [0, 0.1) is 0 Å². The van der Waals surface area contributed by atoms with E-state index in [-0.39, 0.29) is 5.97 Å². The first-order valence-electron chi connectivity index (χ1n) is 5.49. The zero-order chi connectivity index (χ0) is 12.1. The van der Waals surface area contributed by atoms with Crippen molar-refractivity contribution in [2.75, 3.05) is 6.61 Å². The van der Waals surface area contributed by atoms with Gasteiger partial charge in [-0.1, -0.05) is 12.1 Å². The third-order valence-electron chi connectivity index (χ3n) is 2.39. The lowest BCUT2D eigenvalue weighted by Crippen LogP contribution is -2.04. The number of aromatic nitrogens is 1. The molecule has 0 radical (unpaired) electrons. The smallest absolute Gasteiger partial charge is 0.338 e. The van der Waals surface area contributed by atoms with E-state index < -0.39 is 0 Å². The molecule has 0 fully saturated rings. The summed E-state index contributed by atoms with van der Waals surface area (Å²) in [5, 5.41) is 0. The summed E-state index contributed by atoms with van der Waals surface area (Å²) in [4.78, 5) is 15.6. The van der Waals surface area contributed by atoms with Gasteiger partial charge in [-0.2, -0.15) is 0 Å². The van der Waals surface area contributed by atoms with E-state index in [0.717, 1.165) is 11.1 Å². The van der Waals surface area contributed by atoms with Crippen molar-refractivity contribution < 1.29 is 9.53 Å². The number of pyridine rings is 1. The van der Waals surface area contributed by atoms with E-state index in [1.807, 2.05) is 30.3 Å². The highest BCUT2D eigenvalue weighted by molar-refractivity contribution is 5.91. The van der Waals surface area contributed by atoms with Gasteiger partial charge in [0.25, 0.3) is 0 Å². The molecule has 1 aromatic carbocycles. The SMILES string of the molecule is CCOC(=O)c1cccc(-c2ccncc2)c1. The van der Waals surface area contributed by atoms with Crippen molar-refractivity contribution in [3.8, 4) is 11.1 Å². The predicted octanol–water partition coefficient (Wildman–Crippen LogP) is 2.93. The van der Waals surface area contributed by atoms with Crippen LogP contribution in [0.5, 0.6) is 0 Å². The Hall–Kier alpha value is -2.16. The summed E-state index contributed by atoms with van der Waals surface area (Å²) in [6, 6.07) is 11.2. The fraction of sp³-hybridized carbons (Fsp3) is 0.143. The van der Waals surface area contributed by atoms with Gasteiger partial charge in [-0.3, -0.25) is 4.98 Å². The molecule has 2 aromatic rings. The molecule has 0 aliphatic heterocycles. The van der Waals surface area contributed by atoms with Gasteiger partial charge in [0, 0.05) is 12.4 Å². The minimum atomic E-state index is -0.289. The molecule has 0 aliphatic rings. The number of carbonyl (C=O) groups excluding carboxylic acids is 1. The number of hydrogen-bond acceptors (Lipinski definition) is 3. The Labute approximate surface area is 100 Å². The molecule has 0 atom stereocenters.